The van der Waals surface area contributed by atoms with E-state index in [0.29, 0.717) is 5.56 Å². The van der Waals surface area contributed by atoms with Crippen LogP contribution in [0.1, 0.15) is 91.5 Å². The first-order chi connectivity index (χ1) is 47.9. The lowest BCUT2D eigenvalue weighted by Gasteiger charge is -2.46. The maximum atomic E-state index is 14.8. The van der Waals surface area contributed by atoms with Crippen LogP contribution in [0.25, 0.3) is 0 Å². The van der Waals surface area contributed by atoms with E-state index in [2.05, 4.69) is 52.8 Å². The van der Waals surface area contributed by atoms with Gasteiger partial charge >= 0.3 is 5.97 Å². The van der Waals surface area contributed by atoms with Crippen LogP contribution < -0.4 is 82.3 Å². The SMILES string of the molecule is CC[C@H](C)[C@H](NC(=O)CNC(=O)[C@H](Cc1ccc(O)cc1)NC(=O)[C@@H](N)CC(=O)O)C(=O)N[C@@H](CO[C@@H]1O[C@H](CO)[C@H](O[C@H]2O[C@H](CO)[C@H](O)[C@H](O)[C@H]2O)[C@H](O)[C@H]1O)C(=O)N[C@@H](CCC(N)=O)C(=O)N[C@H](C(=O)N[C@@H](CC(N)=O)C(=O)N[C@@H](C)C(=O)N[C@@H](CCCN=C(N)N)C(N)=O)[C@@H](C)CC. The molecule has 0 saturated carbocycles. The van der Waals surface area contributed by atoms with Crippen molar-refractivity contribution < 1.29 is 127 Å². The second-order valence-electron chi connectivity index (χ2n) is 24.5. The molecule has 0 unspecified atom stereocenters. The molecule has 2 fully saturated rings. The molecule has 2 aliphatic heterocycles. The molecule has 0 aliphatic carbocycles. The lowest BCUT2D eigenvalue weighted by atomic mass is 9.96. The molecule has 0 spiro atoms. The second kappa shape index (κ2) is 42.4. The van der Waals surface area contributed by atoms with Crippen molar-refractivity contribution in [1.29, 1.82) is 0 Å². The average molecular weight is 1460 g/mol. The predicted octanol–water partition coefficient (Wildman–Crippen LogP) is -11.8. The van der Waals surface area contributed by atoms with Crippen LogP contribution in [-0.2, 0) is 87.7 Å². The van der Waals surface area contributed by atoms with Gasteiger partial charge in [-0.25, -0.2) is 0 Å². The van der Waals surface area contributed by atoms with Crippen molar-refractivity contribution in [2.24, 2.45) is 51.2 Å². The van der Waals surface area contributed by atoms with Gasteiger partial charge in [0.15, 0.2) is 18.5 Å². The van der Waals surface area contributed by atoms with E-state index in [1.54, 1.807) is 13.8 Å². The molecule has 1 aromatic carbocycles. The van der Waals surface area contributed by atoms with Crippen LogP contribution in [0.2, 0.25) is 0 Å². The quantitative estimate of drug-likeness (QED) is 0.0164. The Bertz CT molecular complexity index is 3060. The highest BCUT2D eigenvalue weighted by Crippen LogP contribution is 2.30. The number of phenolic OH excluding ortho intramolecular Hbond substituents is 1. The fourth-order valence-electron chi connectivity index (χ4n) is 10.1. The molecule has 3 rings (SSSR count). The number of nitrogens with zero attached hydrogens (tertiary/aromatic N) is 1. The Morgan fingerprint density at radius 3 is 1.64 bits per heavy atom. The van der Waals surface area contributed by atoms with E-state index >= 15 is 0 Å². The number of carboxylic acid groups (broad SMARTS) is 1. The maximum absolute atomic E-state index is 14.8. The number of amides is 12. The summed E-state index contributed by atoms with van der Waals surface area (Å²) in [6.07, 6.45) is -22.4. The van der Waals surface area contributed by atoms with Gasteiger partial charge in [-0.2, -0.15) is 0 Å². The standard InChI is InChI=1S/C60H98N16O26/c1-6-24(3)41(75-39(82)20-68-52(93)32(17-27-10-12-28(79)13-11-27)72-51(92)29(61)18-40(83)84)56(97)74-34(23-99-58-47(89)45(87)48(36(22-78)101-58)102-59-46(88)44(86)43(85)35(21-77)100-59)55(96)71-31(14-15-37(62)80)53(94)76-42(25(4)7-2)57(98)73-33(19-38(63)81)54(95)69-26(5)50(91)70-30(49(64)90)9-8-16-67-60(65)66/h10-13,24-26,29-36,41-48,58-59,77-79,85-89H,6-9,14-23,61H2,1-5H3,(H2,62,80)(H2,63,81)(H2,64,90)(H,68,93)(H,69,95)(H,70,91)(H,71,96)(H,72,92)(H,73,98)(H,74,97)(H,75,82)(H,76,94)(H,83,84)(H4,65,66,67)/t24-,25-,26-,29-,30-,31-,32-,33-,34-,35+,36+,41-,42-,43-,44-,45+,46+,47+,48-,58+,59+/m0/s1. The number of aliphatic hydroxyl groups is 7. The maximum Gasteiger partial charge on any atom is 0.305 e. The Hall–Kier alpha value is -9.08. The number of hydrogen-bond donors (Lipinski definition) is 24. The lowest BCUT2D eigenvalue weighted by Crippen LogP contribution is -2.65. The predicted molar refractivity (Wildman–Crippen MR) is 349 cm³/mol. The van der Waals surface area contributed by atoms with Crippen molar-refractivity contribution in [3.8, 4) is 5.75 Å². The van der Waals surface area contributed by atoms with Gasteiger partial charge in [0.2, 0.25) is 70.9 Å². The zero-order valence-electron chi connectivity index (χ0n) is 56.7. The zero-order valence-corrected chi connectivity index (χ0v) is 56.7. The summed E-state index contributed by atoms with van der Waals surface area (Å²) >= 11 is 0. The molecule has 1 aromatic rings. The number of aliphatic imine (C=N–C) groups is 1. The Morgan fingerprint density at radius 2 is 1.09 bits per heavy atom. The summed E-state index contributed by atoms with van der Waals surface area (Å²) in [6.45, 7) is 3.38. The highest BCUT2D eigenvalue weighted by Gasteiger charge is 2.51. The van der Waals surface area contributed by atoms with Gasteiger partial charge in [0.05, 0.1) is 45.2 Å². The van der Waals surface area contributed by atoms with Crippen molar-refractivity contribution in [1.82, 2.24) is 47.9 Å². The number of carboxylic acids is 1. The summed E-state index contributed by atoms with van der Waals surface area (Å²) < 4.78 is 22.5. The number of aromatic hydroxyl groups is 1. The number of rotatable bonds is 43. The lowest BCUT2D eigenvalue weighted by molar-refractivity contribution is -0.359. The van der Waals surface area contributed by atoms with Gasteiger partial charge < -0.3 is 147 Å². The molecule has 30 N–H and O–H groups in total. The minimum atomic E-state index is -2.24. The number of phenols is 1. The zero-order chi connectivity index (χ0) is 77.0. The van der Waals surface area contributed by atoms with Crippen LogP contribution in [0.3, 0.4) is 0 Å². The highest BCUT2D eigenvalue weighted by atomic mass is 16.7. The number of aliphatic carboxylic acids is 1. The minimum absolute atomic E-state index is 0.0245. The third kappa shape index (κ3) is 27.7. The Labute approximate surface area is 584 Å². The van der Waals surface area contributed by atoms with E-state index in [4.69, 9.17) is 53.3 Å². The molecule has 12 amide bonds. The summed E-state index contributed by atoms with van der Waals surface area (Å²) in [5.41, 5.74) is 33.2. The van der Waals surface area contributed by atoms with E-state index in [9.17, 15) is 108 Å². The molecule has 0 bridgehead atoms. The highest BCUT2D eigenvalue weighted by molar-refractivity contribution is 5.99. The van der Waals surface area contributed by atoms with Gasteiger partial charge in [-0.05, 0) is 55.7 Å². The molecule has 102 heavy (non-hydrogen) atoms. The molecule has 0 aromatic heterocycles. The first-order valence-electron chi connectivity index (χ1n) is 32.4. The van der Waals surface area contributed by atoms with Crippen LogP contribution in [0.5, 0.6) is 5.75 Å². The number of benzene rings is 1. The van der Waals surface area contributed by atoms with Crippen LogP contribution in [-0.4, -0.2) is 277 Å². The monoisotopic (exact) mass is 1460 g/mol. The molecule has 2 aliphatic rings. The number of nitrogens with one attached hydrogen (secondary N) is 9. The normalized spacial score (nSPS) is 23.5. The second-order valence-corrected chi connectivity index (χ2v) is 24.5. The van der Waals surface area contributed by atoms with Gasteiger partial charge in [0.1, 0.15) is 103 Å². The van der Waals surface area contributed by atoms with Crippen LogP contribution in [0.4, 0.5) is 0 Å². The number of nitrogens with two attached hydrogens (primary N) is 6. The van der Waals surface area contributed by atoms with Crippen molar-refractivity contribution in [3.05, 3.63) is 29.8 Å². The van der Waals surface area contributed by atoms with Crippen LogP contribution in [0, 0.1) is 11.8 Å². The molecule has 2 heterocycles. The van der Waals surface area contributed by atoms with E-state index in [0.717, 1.165) is 0 Å². The topological polar surface area (TPSA) is 718 Å². The summed E-state index contributed by atoms with van der Waals surface area (Å²) in [5, 5.41) is 115. The number of hydrogen-bond acceptors (Lipinski definition) is 27. The summed E-state index contributed by atoms with van der Waals surface area (Å²) in [6, 6.07) is -9.68. The van der Waals surface area contributed by atoms with E-state index in [-0.39, 0.29) is 50.4 Å². The van der Waals surface area contributed by atoms with E-state index < -0.39 is 257 Å². The Balaban J connectivity index is 2.03. The molecule has 42 nitrogen and oxygen atoms in total. The first kappa shape index (κ1) is 87.1. The first-order valence-corrected chi connectivity index (χ1v) is 32.4. The fourth-order valence-corrected chi connectivity index (χ4v) is 10.1. The van der Waals surface area contributed by atoms with Crippen molar-refractivity contribution in [2.75, 3.05) is 32.9 Å². The van der Waals surface area contributed by atoms with Gasteiger partial charge in [-0.1, -0.05) is 52.7 Å². The Morgan fingerprint density at radius 1 is 0.559 bits per heavy atom. The number of guanidine groups is 1. The van der Waals surface area contributed by atoms with Crippen LogP contribution in [0.15, 0.2) is 29.3 Å². The van der Waals surface area contributed by atoms with Gasteiger partial charge in [-0.3, -0.25) is 67.3 Å². The molecule has 21 atom stereocenters. The van der Waals surface area contributed by atoms with Gasteiger partial charge in [0.25, 0.3) is 0 Å². The number of carbonyl (C=O) groups excluding carboxylic acids is 12. The molecular formula is C60H98N16O26. The number of ether oxygens (including phenoxy) is 4. The van der Waals surface area contributed by atoms with E-state index in [1.165, 1.54) is 45.0 Å². The third-order valence-electron chi connectivity index (χ3n) is 16.5. The average Bonchev–Trinajstić information content (AvgIpc) is 0.787. The Kier molecular flexibility index (Phi) is 36.2. The van der Waals surface area contributed by atoms with Gasteiger partial charge in [-0.15, -0.1) is 0 Å². The summed E-state index contributed by atoms with van der Waals surface area (Å²) in [4.78, 5) is 178. The van der Waals surface area contributed by atoms with Crippen molar-refractivity contribution >= 4 is 82.8 Å². The molecule has 574 valence electrons. The molecule has 2 saturated heterocycles. The van der Waals surface area contributed by atoms with Gasteiger partial charge in [0, 0.05) is 19.4 Å². The summed E-state index contributed by atoms with van der Waals surface area (Å²) in [5.74, 6) is -16.8. The minimum Gasteiger partial charge on any atom is -0.508 e. The summed E-state index contributed by atoms with van der Waals surface area (Å²) in [7, 11) is 0. The molecular weight excluding hydrogens is 1360 g/mol. The smallest absolute Gasteiger partial charge is 0.305 e. The van der Waals surface area contributed by atoms with Crippen molar-refractivity contribution in [2.45, 2.75) is 208 Å². The van der Waals surface area contributed by atoms with Crippen LogP contribution >= 0.6 is 0 Å². The number of aliphatic hydroxyl groups excluding tert-OH is 7. The molecule has 42 heteroatoms. The van der Waals surface area contributed by atoms with Crippen molar-refractivity contribution in [3.63, 3.8) is 0 Å². The third-order valence-corrected chi connectivity index (χ3v) is 16.5. The fraction of sp³-hybridized carbons (Fsp3) is 0.667. The number of carbonyl (C=O) groups is 13. The number of primary amides is 3. The largest absolute Gasteiger partial charge is 0.508 e. The molecule has 0 radical (unpaired) electrons. The van der Waals surface area contributed by atoms with E-state index in [1.807, 2.05) is 0 Å².